The first kappa shape index (κ1) is 21.5. The van der Waals surface area contributed by atoms with E-state index in [2.05, 4.69) is 13.8 Å². The lowest BCUT2D eigenvalue weighted by molar-refractivity contribution is -0.151. The van der Waals surface area contributed by atoms with Crippen LogP contribution in [0.15, 0.2) is 0 Å². The molecule has 0 saturated carbocycles. The zero-order valence-corrected chi connectivity index (χ0v) is 15.1. The van der Waals surface area contributed by atoms with Gasteiger partial charge in [-0.05, 0) is 12.8 Å². The van der Waals surface area contributed by atoms with E-state index >= 15 is 0 Å². The Morgan fingerprint density at radius 1 is 1.05 bits per heavy atom. The largest absolute Gasteiger partial charge is 0.480 e. The number of ether oxygens (including phenoxy) is 1. The van der Waals surface area contributed by atoms with E-state index in [1.54, 1.807) is 0 Å². The van der Waals surface area contributed by atoms with Gasteiger partial charge in [-0.2, -0.15) is 0 Å². The summed E-state index contributed by atoms with van der Waals surface area (Å²) < 4.78 is 5.16. The molecule has 6 heteroatoms. The first-order valence-corrected chi connectivity index (χ1v) is 8.94. The second-order valence-corrected chi connectivity index (χ2v) is 6.68. The van der Waals surface area contributed by atoms with Crippen molar-refractivity contribution < 1.29 is 19.4 Å². The summed E-state index contributed by atoms with van der Waals surface area (Å²) in [5, 5.41) is 7.60. The van der Waals surface area contributed by atoms with Crippen LogP contribution in [0.25, 0.3) is 0 Å². The van der Waals surface area contributed by atoms with E-state index in [4.69, 9.17) is 33.0 Å². The Morgan fingerprint density at radius 3 is 2.09 bits per heavy atom. The maximum Gasteiger partial charge on any atom is 0.329 e. The van der Waals surface area contributed by atoms with E-state index in [0.717, 1.165) is 44.9 Å². The lowest BCUT2D eigenvalue weighted by atomic mass is 9.96. The summed E-state index contributed by atoms with van der Waals surface area (Å²) in [6.07, 6.45) is 7.70. The fourth-order valence-corrected chi connectivity index (χ4v) is 2.63. The Kier molecular flexibility index (Phi) is 11.7. The molecule has 0 heterocycles. The number of carbonyl (C=O) groups is 2. The number of hydrogen-bond acceptors (Lipinski definition) is 3. The molecule has 0 aromatic heterocycles. The number of unbranched alkanes of at least 4 members (excludes halogenated alkanes) is 6. The van der Waals surface area contributed by atoms with Crippen molar-refractivity contribution in [2.45, 2.75) is 81.9 Å². The Morgan fingerprint density at radius 2 is 1.59 bits per heavy atom. The van der Waals surface area contributed by atoms with Gasteiger partial charge in [-0.3, -0.25) is 9.59 Å². The monoisotopic (exact) mass is 354 g/mol. The van der Waals surface area contributed by atoms with Crippen molar-refractivity contribution in [1.29, 1.82) is 0 Å². The number of alkyl halides is 2. The van der Waals surface area contributed by atoms with Crippen molar-refractivity contribution in [3.63, 3.8) is 0 Å². The molecule has 0 aliphatic heterocycles. The van der Waals surface area contributed by atoms with E-state index in [0.29, 0.717) is 6.42 Å². The molecule has 0 bridgehead atoms. The van der Waals surface area contributed by atoms with Crippen molar-refractivity contribution in [3.05, 3.63) is 0 Å². The second kappa shape index (κ2) is 12.0. The predicted molar refractivity (Wildman–Crippen MR) is 89.7 cm³/mol. The summed E-state index contributed by atoms with van der Waals surface area (Å²) >= 11 is 12.1. The topological polar surface area (TPSA) is 63.6 Å². The predicted octanol–water partition coefficient (Wildman–Crippen LogP) is 4.75. The van der Waals surface area contributed by atoms with E-state index < -0.39 is 22.2 Å². The standard InChI is InChI=1S/C16H28Cl2O4/c1-3-5-7-9-11-16(18,13(17)14(19)20)15(21)22-12-10-8-6-4-2/h13H,3-12H2,1-2H3,(H,19,20). The smallest absolute Gasteiger partial charge is 0.329 e. The lowest BCUT2D eigenvalue weighted by Gasteiger charge is -2.27. The third kappa shape index (κ3) is 7.68. The van der Waals surface area contributed by atoms with Crippen LogP contribution < -0.4 is 0 Å². The van der Waals surface area contributed by atoms with Crippen LogP contribution in [0.3, 0.4) is 0 Å². The van der Waals surface area contributed by atoms with Crippen LogP contribution in [0.4, 0.5) is 0 Å². The number of halogens is 2. The summed E-state index contributed by atoms with van der Waals surface area (Å²) in [6.45, 7) is 4.42. The normalized spacial score (nSPS) is 15.1. The fourth-order valence-electron chi connectivity index (χ4n) is 2.15. The van der Waals surface area contributed by atoms with Crippen LogP contribution in [-0.4, -0.2) is 33.9 Å². The zero-order chi connectivity index (χ0) is 17.0. The maximum absolute atomic E-state index is 12.2. The molecule has 0 saturated heterocycles. The van der Waals surface area contributed by atoms with Gasteiger partial charge < -0.3 is 9.84 Å². The highest BCUT2D eigenvalue weighted by atomic mass is 35.5. The first-order chi connectivity index (χ1) is 10.4. The lowest BCUT2D eigenvalue weighted by Crippen LogP contribution is -2.47. The molecule has 0 aliphatic carbocycles. The Balaban J connectivity index is 4.55. The summed E-state index contributed by atoms with van der Waals surface area (Å²) in [5.41, 5.74) is 0. The average molecular weight is 355 g/mol. The third-order valence-corrected chi connectivity index (χ3v) is 4.82. The quantitative estimate of drug-likeness (QED) is 0.294. The van der Waals surface area contributed by atoms with Crippen LogP contribution in [0, 0.1) is 0 Å². The Labute approximate surface area is 143 Å². The molecule has 1 N–H and O–H groups in total. The van der Waals surface area contributed by atoms with Gasteiger partial charge in [0.2, 0.25) is 0 Å². The van der Waals surface area contributed by atoms with Crippen molar-refractivity contribution in [3.8, 4) is 0 Å². The summed E-state index contributed by atoms with van der Waals surface area (Å²) in [7, 11) is 0. The van der Waals surface area contributed by atoms with Crippen molar-refractivity contribution in [2.24, 2.45) is 0 Å². The Hall–Kier alpha value is -0.480. The van der Waals surface area contributed by atoms with Gasteiger partial charge in [-0.1, -0.05) is 58.8 Å². The van der Waals surface area contributed by atoms with E-state index in [1.165, 1.54) is 0 Å². The SMILES string of the molecule is CCCCCCOC(=O)C(Cl)(CCCCCC)C(Cl)C(=O)O. The van der Waals surface area contributed by atoms with Gasteiger partial charge >= 0.3 is 11.9 Å². The van der Waals surface area contributed by atoms with Gasteiger partial charge in [0.1, 0.15) is 0 Å². The third-order valence-electron chi connectivity index (χ3n) is 3.58. The molecule has 2 unspecified atom stereocenters. The molecule has 0 fully saturated rings. The van der Waals surface area contributed by atoms with Gasteiger partial charge in [-0.25, -0.2) is 0 Å². The number of carboxylic acid groups (broad SMARTS) is 1. The van der Waals surface area contributed by atoms with Gasteiger partial charge in [-0.15, -0.1) is 23.2 Å². The second-order valence-electron chi connectivity index (χ2n) is 5.57. The van der Waals surface area contributed by atoms with Gasteiger partial charge in [0.05, 0.1) is 6.61 Å². The maximum atomic E-state index is 12.2. The number of rotatable bonds is 13. The molecule has 4 nitrogen and oxygen atoms in total. The molecule has 130 valence electrons. The Bertz CT molecular complexity index is 336. The molecular formula is C16H28Cl2O4. The summed E-state index contributed by atoms with van der Waals surface area (Å²) in [4.78, 5) is 21.6. The molecule has 0 aromatic carbocycles. The van der Waals surface area contributed by atoms with E-state index in [9.17, 15) is 9.59 Å². The van der Waals surface area contributed by atoms with Crippen LogP contribution in [0.5, 0.6) is 0 Å². The molecule has 0 aliphatic rings. The molecule has 0 radical (unpaired) electrons. The number of hydrogen-bond donors (Lipinski definition) is 1. The van der Waals surface area contributed by atoms with Crippen LogP contribution in [0.2, 0.25) is 0 Å². The first-order valence-electron chi connectivity index (χ1n) is 8.13. The fraction of sp³-hybridized carbons (Fsp3) is 0.875. The number of esters is 1. The minimum atomic E-state index is -1.69. The minimum Gasteiger partial charge on any atom is -0.480 e. The van der Waals surface area contributed by atoms with Crippen LogP contribution >= 0.6 is 23.2 Å². The number of carbonyl (C=O) groups excluding carboxylic acids is 1. The zero-order valence-electron chi connectivity index (χ0n) is 13.6. The molecule has 2 atom stereocenters. The highest BCUT2D eigenvalue weighted by molar-refractivity contribution is 6.44. The van der Waals surface area contributed by atoms with Gasteiger partial charge in [0.15, 0.2) is 10.3 Å². The highest BCUT2D eigenvalue weighted by Gasteiger charge is 2.48. The molecule has 0 amide bonds. The van der Waals surface area contributed by atoms with E-state index in [-0.39, 0.29) is 13.0 Å². The molecule has 0 aromatic rings. The van der Waals surface area contributed by atoms with Gasteiger partial charge in [0, 0.05) is 0 Å². The molecular weight excluding hydrogens is 327 g/mol. The average Bonchev–Trinajstić information content (AvgIpc) is 2.50. The minimum absolute atomic E-state index is 0.211. The molecule has 0 spiro atoms. The van der Waals surface area contributed by atoms with Crippen molar-refractivity contribution >= 4 is 35.1 Å². The van der Waals surface area contributed by atoms with Crippen molar-refractivity contribution in [1.82, 2.24) is 0 Å². The number of aliphatic carboxylic acids is 1. The van der Waals surface area contributed by atoms with Gasteiger partial charge in [0.25, 0.3) is 0 Å². The van der Waals surface area contributed by atoms with Crippen molar-refractivity contribution in [2.75, 3.05) is 6.61 Å². The summed E-state index contributed by atoms with van der Waals surface area (Å²) in [5.74, 6) is -2.01. The van der Waals surface area contributed by atoms with Crippen LogP contribution in [-0.2, 0) is 14.3 Å². The molecule has 0 rings (SSSR count). The summed E-state index contributed by atoms with van der Waals surface area (Å²) in [6, 6.07) is 0. The van der Waals surface area contributed by atoms with Crippen LogP contribution in [0.1, 0.15) is 71.6 Å². The highest BCUT2D eigenvalue weighted by Crippen LogP contribution is 2.33. The van der Waals surface area contributed by atoms with E-state index in [1.807, 2.05) is 0 Å². The molecule has 22 heavy (non-hydrogen) atoms. The number of carboxylic acids is 1.